The molecular weight excluding hydrogens is 433 g/mol. The Kier molecular flexibility index (Phi) is 13.2. The van der Waals surface area contributed by atoms with E-state index in [4.69, 9.17) is 11.6 Å². The van der Waals surface area contributed by atoms with Crippen LogP contribution in [-0.2, 0) is 6.54 Å². The lowest BCUT2D eigenvalue weighted by atomic mass is 10.1. The maximum atomic E-state index is 13.1. The molecule has 1 N–H and O–H groups in total. The minimum Gasteiger partial charge on any atom is -0.369 e. The second kappa shape index (κ2) is 15.3. The van der Waals surface area contributed by atoms with Crippen LogP contribution in [0.15, 0.2) is 73.1 Å². The summed E-state index contributed by atoms with van der Waals surface area (Å²) >= 11 is 6.12. The lowest BCUT2D eigenvalue weighted by Crippen LogP contribution is -2.44. The van der Waals surface area contributed by atoms with Gasteiger partial charge in [-0.2, -0.15) is 0 Å². The number of nitrogens with one attached hydrogen (secondary N) is 1. The third kappa shape index (κ3) is 9.85. The van der Waals surface area contributed by atoms with E-state index in [2.05, 4.69) is 34.4 Å². The van der Waals surface area contributed by atoms with Crippen LogP contribution in [0, 0.1) is 5.82 Å². The zero-order valence-corrected chi connectivity index (χ0v) is 21.6. The maximum absolute atomic E-state index is 13.1. The monoisotopic (exact) mass is 471 g/mol. The number of nitrogens with zero attached hydrogens (tertiary/aromatic N) is 2. The molecule has 0 bridgehead atoms. The first-order chi connectivity index (χ1) is 15.9. The lowest BCUT2D eigenvalue weighted by Gasteiger charge is -2.36. The van der Waals surface area contributed by atoms with Crippen LogP contribution in [0.2, 0.25) is 5.02 Å². The molecule has 0 aromatic heterocycles. The van der Waals surface area contributed by atoms with E-state index in [1.807, 2.05) is 71.0 Å². The fourth-order valence-electron chi connectivity index (χ4n) is 3.34. The normalized spacial score (nSPS) is 13.5. The summed E-state index contributed by atoms with van der Waals surface area (Å²) in [6.07, 6.45) is 4.09. The number of rotatable bonds is 7. The molecule has 180 valence electrons. The van der Waals surface area contributed by atoms with Crippen LogP contribution in [0.5, 0.6) is 0 Å². The summed E-state index contributed by atoms with van der Waals surface area (Å²) in [4.78, 5) is 4.67. The van der Waals surface area contributed by atoms with Gasteiger partial charge >= 0.3 is 0 Å². The van der Waals surface area contributed by atoms with Gasteiger partial charge in [0.05, 0.1) is 0 Å². The van der Waals surface area contributed by atoms with Gasteiger partial charge in [0.25, 0.3) is 0 Å². The first-order valence-corrected chi connectivity index (χ1v) is 12.1. The molecule has 0 atom stereocenters. The highest BCUT2D eigenvalue weighted by Gasteiger charge is 2.17. The molecule has 0 aliphatic carbocycles. The van der Waals surface area contributed by atoms with Crippen LogP contribution in [0.25, 0.3) is 6.08 Å². The summed E-state index contributed by atoms with van der Waals surface area (Å²) < 4.78 is 13.1. The molecule has 1 heterocycles. The van der Waals surface area contributed by atoms with Crippen LogP contribution >= 0.6 is 11.6 Å². The number of piperazine rings is 1. The number of anilines is 1. The van der Waals surface area contributed by atoms with Crippen LogP contribution in [-0.4, -0.2) is 36.0 Å². The van der Waals surface area contributed by atoms with Crippen LogP contribution in [0.1, 0.15) is 45.7 Å². The molecule has 5 heteroatoms. The van der Waals surface area contributed by atoms with Crippen LogP contribution in [0.3, 0.4) is 0 Å². The Morgan fingerprint density at radius 2 is 1.61 bits per heavy atom. The molecule has 2 aromatic carbocycles. The Hall–Kier alpha value is -2.56. The molecule has 3 nitrogen and oxygen atoms in total. The van der Waals surface area contributed by atoms with Crippen molar-refractivity contribution in [2.75, 3.05) is 31.5 Å². The fraction of sp³-hybridized carbons (Fsp3) is 0.357. The Labute approximate surface area is 205 Å². The average Bonchev–Trinajstić information content (AvgIpc) is 2.82. The summed E-state index contributed by atoms with van der Waals surface area (Å²) in [5.74, 6) is -0.191. The second-order valence-electron chi connectivity index (χ2n) is 7.35. The zero-order chi connectivity index (χ0) is 24.8. The van der Waals surface area contributed by atoms with Gasteiger partial charge in [-0.15, -0.1) is 0 Å². The summed E-state index contributed by atoms with van der Waals surface area (Å²) in [5, 5.41) is 3.93. The van der Waals surface area contributed by atoms with Crippen molar-refractivity contribution in [1.82, 2.24) is 9.80 Å². The van der Waals surface area contributed by atoms with E-state index in [0.717, 1.165) is 60.9 Å². The maximum Gasteiger partial charge on any atom is 0.123 e. The van der Waals surface area contributed by atoms with Crippen molar-refractivity contribution in [2.24, 2.45) is 0 Å². The van der Waals surface area contributed by atoms with Crippen molar-refractivity contribution in [2.45, 2.75) is 41.2 Å². The number of allylic oxidation sites excluding steroid dienone is 2. The summed E-state index contributed by atoms with van der Waals surface area (Å²) in [7, 11) is 0. The molecule has 2 aromatic rings. The van der Waals surface area contributed by atoms with Gasteiger partial charge in [-0.05, 0) is 48.4 Å². The standard InChI is InChI=1S/C24H27ClFN3.2C2H6/c1-18(2)27-24-16-22(25)9-8-21(24)7-4-19(3)29-14-12-28(13-15-29)17-20-5-10-23(26)11-6-20;2*1-2/h4-11,16,27H,1,3,12-15,17H2,2H3;2*1-2H3/b7-4+;;. The number of hydrogen-bond donors (Lipinski definition) is 1. The van der Waals surface area contributed by atoms with Crippen molar-refractivity contribution in [3.8, 4) is 0 Å². The van der Waals surface area contributed by atoms with Gasteiger partial charge in [0.15, 0.2) is 0 Å². The molecular formula is C28H39ClFN3. The first-order valence-electron chi connectivity index (χ1n) is 11.7. The highest BCUT2D eigenvalue weighted by molar-refractivity contribution is 6.31. The third-order valence-electron chi connectivity index (χ3n) is 4.92. The Morgan fingerprint density at radius 1 is 1.00 bits per heavy atom. The van der Waals surface area contributed by atoms with E-state index in [1.165, 1.54) is 12.1 Å². The molecule has 0 spiro atoms. The van der Waals surface area contributed by atoms with Crippen molar-refractivity contribution < 1.29 is 4.39 Å². The predicted octanol–water partition coefficient (Wildman–Crippen LogP) is 7.82. The lowest BCUT2D eigenvalue weighted by molar-refractivity contribution is 0.156. The quantitative estimate of drug-likeness (QED) is 0.415. The Balaban J connectivity index is 0.00000129. The van der Waals surface area contributed by atoms with Gasteiger partial charge in [0.1, 0.15) is 5.82 Å². The van der Waals surface area contributed by atoms with Gasteiger partial charge < -0.3 is 10.2 Å². The van der Waals surface area contributed by atoms with E-state index in [1.54, 1.807) is 0 Å². The predicted molar refractivity (Wildman–Crippen MR) is 144 cm³/mol. The minimum absolute atomic E-state index is 0.191. The highest BCUT2D eigenvalue weighted by Crippen LogP contribution is 2.24. The Bertz CT molecular complexity index is 898. The molecule has 0 unspecified atom stereocenters. The molecule has 1 aliphatic heterocycles. The molecule has 1 saturated heterocycles. The van der Waals surface area contributed by atoms with Crippen LogP contribution in [0.4, 0.5) is 10.1 Å². The summed E-state index contributed by atoms with van der Waals surface area (Å²) in [5.41, 5.74) is 4.95. The van der Waals surface area contributed by atoms with Gasteiger partial charge in [0.2, 0.25) is 0 Å². The SMILES string of the molecule is C=C(C)Nc1cc(Cl)ccc1/C=C/C(=C)N1CCN(Cc2ccc(F)cc2)CC1.CC.CC. The smallest absolute Gasteiger partial charge is 0.123 e. The van der Waals surface area contributed by atoms with E-state index >= 15 is 0 Å². The topological polar surface area (TPSA) is 18.5 Å². The molecule has 0 radical (unpaired) electrons. The number of halogens is 2. The van der Waals surface area contributed by atoms with Crippen molar-refractivity contribution in [3.05, 3.63) is 95.1 Å². The van der Waals surface area contributed by atoms with E-state index in [0.29, 0.717) is 5.02 Å². The van der Waals surface area contributed by atoms with Gasteiger partial charge in [0, 0.05) is 54.8 Å². The second-order valence-corrected chi connectivity index (χ2v) is 7.79. The highest BCUT2D eigenvalue weighted by atomic mass is 35.5. The minimum atomic E-state index is -0.191. The first kappa shape index (κ1) is 28.5. The third-order valence-corrected chi connectivity index (χ3v) is 5.15. The molecule has 1 fully saturated rings. The zero-order valence-electron chi connectivity index (χ0n) is 20.8. The van der Waals surface area contributed by atoms with E-state index < -0.39 is 0 Å². The Morgan fingerprint density at radius 3 is 2.18 bits per heavy atom. The van der Waals surface area contributed by atoms with Crippen molar-refractivity contribution in [1.29, 1.82) is 0 Å². The van der Waals surface area contributed by atoms with Crippen molar-refractivity contribution >= 4 is 23.4 Å². The molecule has 33 heavy (non-hydrogen) atoms. The number of hydrogen-bond acceptors (Lipinski definition) is 3. The molecule has 3 rings (SSSR count). The molecule has 1 aliphatic rings. The van der Waals surface area contributed by atoms with Crippen LogP contribution < -0.4 is 5.32 Å². The summed E-state index contributed by atoms with van der Waals surface area (Å²) in [6, 6.07) is 12.5. The van der Waals surface area contributed by atoms with Gasteiger partial charge in [-0.25, -0.2) is 4.39 Å². The number of benzene rings is 2. The van der Waals surface area contributed by atoms with E-state index in [9.17, 15) is 4.39 Å². The molecule has 0 saturated carbocycles. The molecule has 0 amide bonds. The fourth-order valence-corrected chi connectivity index (χ4v) is 3.52. The van der Waals surface area contributed by atoms with Gasteiger partial charge in [-0.3, -0.25) is 4.90 Å². The van der Waals surface area contributed by atoms with Crippen molar-refractivity contribution in [3.63, 3.8) is 0 Å². The largest absolute Gasteiger partial charge is 0.369 e. The average molecular weight is 472 g/mol. The van der Waals surface area contributed by atoms with E-state index in [-0.39, 0.29) is 5.82 Å². The summed E-state index contributed by atoms with van der Waals surface area (Å²) in [6.45, 7) is 22.6. The van der Waals surface area contributed by atoms with Gasteiger partial charge in [-0.1, -0.05) is 76.7 Å².